The van der Waals surface area contributed by atoms with Gasteiger partial charge >= 0.3 is 5.97 Å². The first-order chi connectivity index (χ1) is 11.7. The number of esters is 1. The molecule has 0 saturated heterocycles. The Kier molecular flexibility index (Phi) is 5.91. The number of anilines is 1. The maximum Gasteiger partial charge on any atom is 0.350 e. The smallest absolute Gasteiger partial charge is 0.350 e. The van der Waals surface area contributed by atoms with Crippen LogP contribution in [0.2, 0.25) is 0 Å². The predicted molar refractivity (Wildman–Crippen MR) is 95.8 cm³/mol. The number of hydrogen-bond donors (Lipinski definition) is 1. The van der Waals surface area contributed by atoms with Crippen molar-refractivity contribution in [3.8, 4) is 0 Å². The highest BCUT2D eigenvalue weighted by atomic mass is 32.2. The largest absolute Gasteiger partial charge is 0.462 e. The van der Waals surface area contributed by atoms with Gasteiger partial charge in [-0.1, -0.05) is 23.5 Å². The Morgan fingerprint density at radius 1 is 1.24 bits per heavy atom. The molecule has 0 bridgehead atoms. The first-order valence-corrected chi connectivity index (χ1v) is 10.3. The Bertz CT molecular complexity index is 886. The van der Waals surface area contributed by atoms with Gasteiger partial charge in [-0.15, -0.1) is 0 Å². The number of nitrogens with zero attached hydrogens (tertiary/aromatic N) is 1. The van der Waals surface area contributed by atoms with Crippen LogP contribution in [0.25, 0.3) is 0 Å². The van der Waals surface area contributed by atoms with Gasteiger partial charge in [0.25, 0.3) is 5.91 Å². The minimum Gasteiger partial charge on any atom is -0.462 e. The fourth-order valence-corrected chi connectivity index (χ4v) is 3.71. The van der Waals surface area contributed by atoms with Crippen LogP contribution < -0.4 is 5.32 Å². The minimum absolute atomic E-state index is 0.0799. The van der Waals surface area contributed by atoms with Crippen molar-refractivity contribution in [2.75, 3.05) is 18.2 Å². The van der Waals surface area contributed by atoms with Gasteiger partial charge in [-0.3, -0.25) is 10.1 Å². The number of benzene rings is 1. The van der Waals surface area contributed by atoms with Gasteiger partial charge in [0.1, 0.15) is 4.88 Å². The lowest BCUT2D eigenvalue weighted by Crippen LogP contribution is -2.11. The van der Waals surface area contributed by atoms with E-state index in [-0.39, 0.29) is 12.4 Å². The number of thiazole rings is 1. The molecule has 2 rings (SSSR count). The average Bonchev–Trinajstić information content (AvgIpc) is 2.87. The van der Waals surface area contributed by atoms with Gasteiger partial charge in [-0.25, -0.2) is 18.2 Å². The standard InChI is InChI=1S/C16H18N2O5S2/c1-4-23-15(20)13-10(2)17-16(24-13)18-14(19)12-7-5-11(6-8-12)9-25(3,21)22/h5-8H,4,9H2,1-3H3,(H,17,18,19). The second kappa shape index (κ2) is 7.75. The molecule has 9 heteroatoms. The molecule has 0 aliphatic heterocycles. The summed E-state index contributed by atoms with van der Waals surface area (Å²) < 4.78 is 27.5. The second-order valence-electron chi connectivity index (χ2n) is 5.38. The van der Waals surface area contributed by atoms with E-state index in [0.717, 1.165) is 17.6 Å². The lowest BCUT2D eigenvalue weighted by Gasteiger charge is -2.03. The molecule has 0 aliphatic carbocycles. The zero-order chi connectivity index (χ0) is 18.6. The minimum atomic E-state index is -3.13. The van der Waals surface area contributed by atoms with E-state index in [4.69, 9.17) is 4.74 Å². The second-order valence-corrected chi connectivity index (χ2v) is 8.51. The lowest BCUT2D eigenvalue weighted by molar-refractivity contribution is 0.0531. The molecule has 0 atom stereocenters. The van der Waals surface area contributed by atoms with Crippen molar-refractivity contribution < 1.29 is 22.7 Å². The third kappa shape index (κ3) is 5.36. The molecule has 0 saturated carbocycles. The van der Waals surface area contributed by atoms with Crippen molar-refractivity contribution in [3.63, 3.8) is 0 Å². The summed E-state index contributed by atoms with van der Waals surface area (Å²) >= 11 is 1.04. The summed E-state index contributed by atoms with van der Waals surface area (Å²) in [6.07, 6.45) is 1.15. The van der Waals surface area contributed by atoms with Crippen LogP contribution in [0.1, 0.15) is 38.2 Å². The molecule has 0 aliphatic rings. The van der Waals surface area contributed by atoms with Crippen LogP contribution in [0.15, 0.2) is 24.3 Å². The molecule has 134 valence electrons. The molecule has 0 fully saturated rings. The van der Waals surface area contributed by atoms with E-state index >= 15 is 0 Å². The van der Waals surface area contributed by atoms with Crippen molar-refractivity contribution in [3.05, 3.63) is 46.0 Å². The summed E-state index contributed by atoms with van der Waals surface area (Å²) in [7, 11) is -3.13. The molecule has 25 heavy (non-hydrogen) atoms. The fraction of sp³-hybridized carbons (Fsp3) is 0.312. The van der Waals surface area contributed by atoms with Crippen LogP contribution in [-0.2, 0) is 20.3 Å². The first-order valence-electron chi connectivity index (χ1n) is 7.42. The van der Waals surface area contributed by atoms with Gasteiger partial charge < -0.3 is 4.74 Å². The molecule has 7 nitrogen and oxygen atoms in total. The highest BCUT2D eigenvalue weighted by molar-refractivity contribution is 7.89. The Morgan fingerprint density at radius 3 is 2.44 bits per heavy atom. The number of amides is 1. The molecular formula is C16H18N2O5S2. The number of carbonyl (C=O) groups is 2. The Labute approximate surface area is 150 Å². The van der Waals surface area contributed by atoms with Gasteiger partial charge in [-0.2, -0.15) is 0 Å². The maximum absolute atomic E-state index is 12.2. The molecule has 0 radical (unpaired) electrons. The Hall–Kier alpha value is -2.26. The van der Waals surface area contributed by atoms with Crippen molar-refractivity contribution in [2.24, 2.45) is 0 Å². The summed E-state index contributed by atoms with van der Waals surface area (Å²) in [4.78, 5) is 28.5. The van der Waals surface area contributed by atoms with Crippen molar-refractivity contribution in [2.45, 2.75) is 19.6 Å². The zero-order valence-electron chi connectivity index (χ0n) is 14.0. The number of sulfone groups is 1. The Morgan fingerprint density at radius 2 is 1.88 bits per heavy atom. The third-order valence-electron chi connectivity index (χ3n) is 3.12. The first kappa shape index (κ1) is 19.1. The molecule has 1 aromatic carbocycles. The number of carbonyl (C=O) groups excluding carboxylic acids is 2. The number of aromatic nitrogens is 1. The molecule has 0 spiro atoms. The number of aryl methyl sites for hydroxylation is 1. The zero-order valence-corrected chi connectivity index (χ0v) is 15.7. The van der Waals surface area contributed by atoms with Crippen molar-refractivity contribution in [1.82, 2.24) is 4.98 Å². The lowest BCUT2D eigenvalue weighted by atomic mass is 10.1. The normalized spacial score (nSPS) is 11.2. The van der Waals surface area contributed by atoms with Crippen LogP contribution in [0.5, 0.6) is 0 Å². The monoisotopic (exact) mass is 382 g/mol. The average molecular weight is 382 g/mol. The van der Waals surface area contributed by atoms with Gasteiger partial charge in [-0.05, 0) is 31.5 Å². The molecule has 1 amide bonds. The highest BCUT2D eigenvalue weighted by Gasteiger charge is 2.18. The van der Waals surface area contributed by atoms with Gasteiger partial charge in [0.05, 0.1) is 18.1 Å². The highest BCUT2D eigenvalue weighted by Crippen LogP contribution is 2.24. The van der Waals surface area contributed by atoms with E-state index in [1.54, 1.807) is 38.1 Å². The molecule has 1 aromatic heterocycles. The Balaban J connectivity index is 2.09. The summed E-state index contributed by atoms with van der Waals surface area (Å²) in [5.41, 5.74) is 1.46. The van der Waals surface area contributed by atoms with E-state index in [0.29, 0.717) is 26.8 Å². The summed E-state index contributed by atoms with van der Waals surface area (Å²) in [6.45, 7) is 3.64. The SMILES string of the molecule is CCOC(=O)c1sc(NC(=O)c2ccc(CS(C)(=O)=O)cc2)nc1C. The van der Waals surface area contributed by atoms with Gasteiger partial charge in [0, 0.05) is 11.8 Å². The molecule has 1 heterocycles. The van der Waals surface area contributed by atoms with E-state index < -0.39 is 21.7 Å². The van der Waals surface area contributed by atoms with E-state index in [2.05, 4.69) is 10.3 Å². The van der Waals surface area contributed by atoms with E-state index in [1.807, 2.05) is 0 Å². The van der Waals surface area contributed by atoms with Crippen molar-refractivity contribution >= 4 is 38.2 Å². The number of ether oxygens (including phenoxy) is 1. The topological polar surface area (TPSA) is 102 Å². The maximum atomic E-state index is 12.2. The van der Waals surface area contributed by atoms with Gasteiger partial charge in [0.15, 0.2) is 15.0 Å². The van der Waals surface area contributed by atoms with Crippen LogP contribution in [-0.4, -0.2) is 38.1 Å². The summed E-state index contributed by atoms with van der Waals surface area (Å²) in [5, 5.41) is 2.92. The number of rotatable bonds is 6. The fourth-order valence-electron chi connectivity index (χ4n) is 2.06. The van der Waals surface area contributed by atoms with Crippen LogP contribution in [0.4, 0.5) is 5.13 Å². The quantitative estimate of drug-likeness (QED) is 0.770. The molecule has 1 N–H and O–H groups in total. The molecule has 2 aromatic rings. The molecular weight excluding hydrogens is 364 g/mol. The molecule has 0 unspecified atom stereocenters. The number of hydrogen-bond acceptors (Lipinski definition) is 7. The summed E-state index contributed by atoms with van der Waals surface area (Å²) in [6, 6.07) is 6.27. The van der Waals surface area contributed by atoms with Gasteiger partial charge in [0.2, 0.25) is 0 Å². The van der Waals surface area contributed by atoms with E-state index in [9.17, 15) is 18.0 Å². The van der Waals surface area contributed by atoms with Crippen LogP contribution in [0.3, 0.4) is 0 Å². The van der Waals surface area contributed by atoms with Crippen LogP contribution in [0, 0.1) is 6.92 Å². The number of nitrogens with one attached hydrogen (secondary N) is 1. The van der Waals surface area contributed by atoms with Crippen molar-refractivity contribution in [1.29, 1.82) is 0 Å². The third-order valence-corrected chi connectivity index (χ3v) is 5.03. The van der Waals surface area contributed by atoms with Crippen LogP contribution >= 0.6 is 11.3 Å². The summed E-state index contributed by atoms with van der Waals surface area (Å²) in [5.74, 6) is -0.943. The van der Waals surface area contributed by atoms with E-state index in [1.165, 1.54) is 0 Å². The predicted octanol–water partition coefficient (Wildman–Crippen LogP) is 2.43.